The molecule has 1 aliphatic heterocycles. The van der Waals surface area contributed by atoms with Crippen molar-refractivity contribution in [3.05, 3.63) is 101 Å². The first-order valence-electron chi connectivity index (χ1n) is 9.01. The number of benzene rings is 3. The van der Waals surface area contributed by atoms with Crippen molar-refractivity contribution in [3.8, 4) is 5.75 Å². The molecule has 0 radical (unpaired) electrons. The topological polar surface area (TPSA) is 58.6 Å². The maximum atomic E-state index is 13.8. The second kappa shape index (κ2) is 7.98. The lowest BCUT2D eigenvalue weighted by Gasteiger charge is -2.14. The van der Waals surface area contributed by atoms with Gasteiger partial charge in [0, 0.05) is 11.1 Å². The van der Waals surface area contributed by atoms with Crippen LogP contribution in [0.2, 0.25) is 0 Å². The van der Waals surface area contributed by atoms with Crippen LogP contribution in [0.1, 0.15) is 11.1 Å². The van der Waals surface area contributed by atoms with E-state index in [9.17, 15) is 14.0 Å². The molecule has 0 aromatic heterocycles. The zero-order chi connectivity index (χ0) is 20.2. The van der Waals surface area contributed by atoms with Crippen LogP contribution in [-0.2, 0) is 16.2 Å². The number of nitrogens with one attached hydrogen (secondary N) is 1. The lowest BCUT2D eigenvalue weighted by Crippen LogP contribution is -2.35. The Morgan fingerprint density at radius 2 is 1.59 bits per heavy atom. The molecule has 1 saturated heterocycles. The molecule has 1 fully saturated rings. The fraction of sp³-hybridized carbons (Fsp3) is 0.0435. The summed E-state index contributed by atoms with van der Waals surface area (Å²) in [6, 6.07) is 22.2. The Bertz CT molecular complexity index is 1100. The van der Waals surface area contributed by atoms with Gasteiger partial charge in [0.05, 0.1) is 5.69 Å². The van der Waals surface area contributed by atoms with Crippen molar-refractivity contribution in [1.82, 2.24) is 5.43 Å². The second-order valence-electron chi connectivity index (χ2n) is 6.39. The standard InChI is InChI=1S/C23H17FN2O3/c24-20-12-6-4-9-17(20)15-29-21-13-7-5-8-16(21)14-19-22(27)25-26(23(19)28)18-10-2-1-3-11-18/h1-14H,15H2,(H,25,27)/b19-14+. The Morgan fingerprint density at radius 1 is 0.897 bits per heavy atom. The number of hydrogen-bond donors (Lipinski definition) is 1. The Kier molecular flexibility index (Phi) is 5.07. The Balaban J connectivity index is 1.59. The zero-order valence-electron chi connectivity index (χ0n) is 15.3. The second-order valence-corrected chi connectivity index (χ2v) is 6.39. The Labute approximate surface area is 167 Å². The van der Waals surface area contributed by atoms with Crippen molar-refractivity contribution < 1.29 is 18.7 Å². The highest BCUT2D eigenvalue weighted by atomic mass is 19.1. The van der Waals surface area contributed by atoms with Crippen LogP contribution in [0.4, 0.5) is 10.1 Å². The number of anilines is 1. The van der Waals surface area contributed by atoms with Gasteiger partial charge in [-0.2, -0.15) is 0 Å². The summed E-state index contributed by atoms with van der Waals surface area (Å²) < 4.78 is 19.6. The number of carbonyl (C=O) groups is 2. The van der Waals surface area contributed by atoms with Crippen molar-refractivity contribution in [1.29, 1.82) is 0 Å². The van der Waals surface area contributed by atoms with E-state index in [-0.39, 0.29) is 18.0 Å². The molecule has 1 N–H and O–H groups in total. The molecule has 0 atom stereocenters. The number of halogens is 1. The van der Waals surface area contributed by atoms with Gasteiger partial charge in [0.25, 0.3) is 11.8 Å². The number of amides is 2. The summed E-state index contributed by atoms with van der Waals surface area (Å²) in [5, 5.41) is 1.21. The van der Waals surface area contributed by atoms with Gasteiger partial charge >= 0.3 is 0 Å². The quantitative estimate of drug-likeness (QED) is 0.533. The van der Waals surface area contributed by atoms with Crippen LogP contribution in [-0.4, -0.2) is 11.8 Å². The fourth-order valence-electron chi connectivity index (χ4n) is 2.97. The van der Waals surface area contributed by atoms with Gasteiger partial charge in [0.2, 0.25) is 0 Å². The molecule has 3 aromatic carbocycles. The molecular weight excluding hydrogens is 371 g/mol. The summed E-state index contributed by atoms with van der Waals surface area (Å²) in [7, 11) is 0. The first-order chi connectivity index (χ1) is 14.1. The van der Waals surface area contributed by atoms with E-state index in [1.54, 1.807) is 66.7 Å². The summed E-state index contributed by atoms with van der Waals surface area (Å²) in [6.45, 7) is 0.0309. The molecule has 4 rings (SSSR count). The van der Waals surface area contributed by atoms with Crippen LogP contribution in [0.25, 0.3) is 6.08 Å². The summed E-state index contributed by atoms with van der Waals surface area (Å²) in [4.78, 5) is 25.1. The third-order valence-electron chi connectivity index (χ3n) is 4.47. The summed E-state index contributed by atoms with van der Waals surface area (Å²) in [5.41, 5.74) is 4.09. The van der Waals surface area contributed by atoms with Crippen LogP contribution in [0.15, 0.2) is 84.4 Å². The van der Waals surface area contributed by atoms with Crippen LogP contribution in [0.3, 0.4) is 0 Å². The predicted molar refractivity (Wildman–Crippen MR) is 107 cm³/mol. The highest BCUT2D eigenvalue weighted by Crippen LogP contribution is 2.26. The molecule has 1 aliphatic rings. The summed E-state index contributed by atoms with van der Waals surface area (Å²) in [6.07, 6.45) is 1.48. The smallest absolute Gasteiger partial charge is 0.282 e. The van der Waals surface area contributed by atoms with Crippen LogP contribution < -0.4 is 15.2 Å². The normalized spacial score (nSPS) is 14.9. The largest absolute Gasteiger partial charge is 0.488 e. The highest BCUT2D eigenvalue weighted by molar-refractivity contribution is 6.31. The maximum absolute atomic E-state index is 13.8. The molecule has 0 spiro atoms. The van der Waals surface area contributed by atoms with Gasteiger partial charge in [-0.15, -0.1) is 0 Å². The van der Waals surface area contributed by atoms with E-state index in [0.717, 1.165) is 0 Å². The van der Waals surface area contributed by atoms with E-state index in [2.05, 4.69) is 5.43 Å². The van der Waals surface area contributed by atoms with Crippen molar-refractivity contribution in [2.24, 2.45) is 0 Å². The van der Waals surface area contributed by atoms with E-state index in [0.29, 0.717) is 22.6 Å². The molecule has 0 bridgehead atoms. The maximum Gasteiger partial charge on any atom is 0.282 e. The summed E-state index contributed by atoms with van der Waals surface area (Å²) >= 11 is 0. The minimum Gasteiger partial charge on any atom is -0.488 e. The van der Waals surface area contributed by atoms with E-state index in [1.807, 2.05) is 6.07 Å². The summed E-state index contributed by atoms with van der Waals surface area (Å²) in [5.74, 6) is -0.859. The zero-order valence-corrected chi connectivity index (χ0v) is 15.3. The monoisotopic (exact) mass is 388 g/mol. The first-order valence-corrected chi connectivity index (χ1v) is 9.01. The molecule has 6 heteroatoms. The number of nitrogens with zero attached hydrogens (tertiary/aromatic N) is 1. The minimum atomic E-state index is -0.497. The third kappa shape index (κ3) is 3.87. The van der Waals surface area contributed by atoms with Crippen LogP contribution in [0, 0.1) is 5.82 Å². The molecule has 144 valence electrons. The van der Waals surface area contributed by atoms with Crippen molar-refractivity contribution in [2.75, 3.05) is 5.01 Å². The Morgan fingerprint density at radius 3 is 2.38 bits per heavy atom. The van der Waals surface area contributed by atoms with Gasteiger partial charge in [0.1, 0.15) is 23.7 Å². The van der Waals surface area contributed by atoms with E-state index < -0.39 is 11.8 Å². The van der Waals surface area contributed by atoms with Crippen molar-refractivity contribution >= 4 is 23.6 Å². The first kappa shape index (κ1) is 18.4. The minimum absolute atomic E-state index is 0.00389. The fourth-order valence-corrected chi connectivity index (χ4v) is 2.97. The molecule has 0 aliphatic carbocycles. The number of hydrazine groups is 1. The SMILES string of the molecule is O=C1NN(c2ccccc2)C(=O)/C1=C/c1ccccc1OCc1ccccc1F. The number of hydrogen-bond acceptors (Lipinski definition) is 3. The molecule has 2 amide bonds. The average molecular weight is 388 g/mol. The molecule has 1 heterocycles. The number of para-hydroxylation sites is 2. The van der Waals surface area contributed by atoms with E-state index in [1.165, 1.54) is 17.2 Å². The Hall–Kier alpha value is -3.93. The molecule has 0 unspecified atom stereocenters. The predicted octanol–water partition coefficient (Wildman–Crippen LogP) is 3.87. The molecular formula is C23H17FN2O3. The molecule has 0 saturated carbocycles. The average Bonchev–Trinajstić information content (AvgIpc) is 3.03. The van der Waals surface area contributed by atoms with Crippen molar-refractivity contribution in [3.63, 3.8) is 0 Å². The van der Waals surface area contributed by atoms with E-state index in [4.69, 9.17) is 4.74 Å². The van der Waals surface area contributed by atoms with Gasteiger partial charge in [-0.05, 0) is 30.3 Å². The van der Waals surface area contributed by atoms with Crippen molar-refractivity contribution in [2.45, 2.75) is 6.61 Å². The highest BCUT2D eigenvalue weighted by Gasteiger charge is 2.34. The van der Waals surface area contributed by atoms with Crippen LogP contribution in [0.5, 0.6) is 5.75 Å². The number of ether oxygens (including phenoxy) is 1. The van der Waals surface area contributed by atoms with Gasteiger partial charge in [0.15, 0.2) is 0 Å². The van der Waals surface area contributed by atoms with Crippen LogP contribution >= 0.6 is 0 Å². The third-order valence-corrected chi connectivity index (χ3v) is 4.47. The molecule has 29 heavy (non-hydrogen) atoms. The lowest BCUT2D eigenvalue weighted by atomic mass is 10.1. The van der Waals surface area contributed by atoms with Gasteiger partial charge < -0.3 is 4.74 Å². The molecule has 5 nitrogen and oxygen atoms in total. The lowest BCUT2D eigenvalue weighted by molar-refractivity contribution is -0.117. The van der Waals surface area contributed by atoms with Gasteiger partial charge in [-0.1, -0.05) is 54.6 Å². The van der Waals surface area contributed by atoms with Gasteiger partial charge in [-0.3, -0.25) is 15.0 Å². The number of rotatable bonds is 5. The molecule has 3 aromatic rings. The number of carbonyl (C=O) groups excluding carboxylic acids is 2. The van der Waals surface area contributed by atoms with E-state index >= 15 is 0 Å². The van der Waals surface area contributed by atoms with Gasteiger partial charge in [-0.25, -0.2) is 9.40 Å².